The standard InChI is InChI=1S/C20H23ClF2N4O3/c1-20(2,3)30-19(28)27-10-5-6-11(27)9-26(8-10)17-14-15(24-18(21)25-17)12(22)7-13(23)16(14)29-4/h7,10-11H,5-6,8-9H2,1-4H3. The van der Waals surface area contributed by atoms with Gasteiger partial charge in [0.1, 0.15) is 16.9 Å². The second-order valence-corrected chi connectivity index (χ2v) is 8.93. The summed E-state index contributed by atoms with van der Waals surface area (Å²) >= 11 is 6.06. The molecule has 2 aromatic rings. The van der Waals surface area contributed by atoms with Gasteiger partial charge in [-0.15, -0.1) is 0 Å². The lowest BCUT2D eigenvalue weighted by molar-refractivity contribution is 0.0123. The molecule has 1 aromatic heterocycles. The zero-order chi connectivity index (χ0) is 21.8. The fourth-order valence-corrected chi connectivity index (χ4v) is 4.45. The van der Waals surface area contributed by atoms with Gasteiger partial charge < -0.3 is 14.4 Å². The second kappa shape index (κ2) is 7.37. The lowest BCUT2D eigenvalue weighted by Crippen LogP contribution is -2.57. The van der Waals surface area contributed by atoms with Crippen LogP contribution in [0, 0.1) is 11.6 Å². The van der Waals surface area contributed by atoms with Crippen LogP contribution in [0.5, 0.6) is 5.75 Å². The van der Waals surface area contributed by atoms with E-state index in [4.69, 9.17) is 21.1 Å². The van der Waals surface area contributed by atoms with E-state index in [1.165, 1.54) is 7.11 Å². The van der Waals surface area contributed by atoms with E-state index in [9.17, 15) is 13.6 Å². The van der Waals surface area contributed by atoms with Crippen LogP contribution in [0.2, 0.25) is 5.28 Å². The van der Waals surface area contributed by atoms with Crippen molar-refractivity contribution in [3.63, 3.8) is 0 Å². The third-order valence-electron chi connectivity index (χ3n) is 5.38. The van der Waals surface area contributed by atoms with Crippen LogP contribution in [0.4, 0.5) is 19.4 Å². The van der Waals surface area contributed by atoms with Crippen LogP contribution >= 0.6 is 11.6 Å². The Morgan fingerprint density at radius 2 is 1.80 bits per heavy atom. The van der Waals surface area contributed by atoms with Crippen molar-refractivity contribution < 1.29 is 23.0 Å². The topological polar surface area (TPSA) is 67.8 Å². The molecule has 30 heavy (non-hydrogen) atoms. The summed E-state index contributed by atoms with van der Waals surface area (Å²) in [6.45, 7) is 6.34. The van der Waals surface area contributed by atoms with Crippen molar-refractivity contribution in [3.8, 4) is 5.75 Å². The van der Waals surface area contributed by atoms with Crippen molar-refractivity contribution in [3.05, 3.63) is 23.0 Å². The van der Waals surface area contributed by atoms with Crippen LogP contribution in [0.25, 0.3) is 10.9 Å². The number of nitrogens with zero attached hydrogens (tertiary/aromatic N) is 4. The summed E-state index contributed by atoms with van der Waals surface area (Å²) in [5, 5.41) is -0.0171. The lowest BCUT2D eigenvalue weighted by Gasteiger charge is -2.42. The van der Waals surface area contributed by atoms with Crippen molar-refractivity contribution in [2.24, 2.45) is 0 Å². The number of rotatable bonds is 2. The van der Waals surface area contributed by atoms with E-state index in [-0.39, 0.29) is 40.1 Å². The Hall–Kier alpha value is -2.42. The Balaban J connectivity index is 1.73. The van der Waals surface area contributed by atoms with Gasteiger partial charge in [0.05, 0.1) is 24.6 Å². The van der Waals surface area contributed by atoms with Crippen LogP contribution in [-0.2, 0) is 4.74 Å². The van der Waals surface area contributed by atoms with Crippen molar-refractivity contribution in [2.75, 3.05) is 25.1 Å². The van der Waals surface area contributed by atoms with Crippen LogP contribution in [0.3, 0.4) is 0 Å². The fraction of sp³-hybridized carbons (Fsp3) is 0.550. The van der Waals surface area contributed by atoms with E-state index >= 15 is 0 Å². The molecule has 1 amide bonds. The Bertz CT molecular complexity index is 1000. The van der Waals surface area contributed by atoms with Crippen LogP contribution < -0.4 is 9.64 Å². The minimum atomic E-state index is -0.843. The van der Waals surface area contributed by atoms with E-state index in [1.54, 1.807) is 4.90 Å². The summed E-state index contributed by atoms with van der Waals surface area (Å²) in [5.41, 5.74) is -0.697. The molecule has 2 bridgehead atoms. The largest absolute Gasteiger partial charge is 0.493 e. The fourth-order valence-electron chi connectivity index (χ4n) is 4.29. The maximum Gasteiger partial charge on any atom is 0.410 e. The molecule has 0 radical (unpaired) electrons. The van der Waals surface area contributed by atoms with Crippen molar-refractivity contribution in [1.29, 1.82) is 0 Å². The lowest BCUT2D eigenvalue weighted by atomic mass is 10.1. The molecule has 3 heterocycles. The molecule has 2 aliphatic rings. The van der Waals surface area contributed by atoms with Crippen LogP contribution in [0.15, 0.2) is 6.07 Å². The maximum absolute atomic E-state index is 14.4. The molecule has 2 unspecified atom stereocenters. The molecule has 4 rings (SSSR count). The van der Waals surface area contributed by atoms with E-state index in [2.05, 4.69) is 9.97 Å². The molecular formula is C20H23ClF2N4O3. The normalized spacial score (nSPS) is 21.3. The van der Waals surface area contributed by atoms with E-state index in [0.717, 1.165) is 18.9 Å². The third-order valence-corrected chi connectivity index (χ3v) is 5.55. The number of anilines is 1. The molecule has 2 atom stereocenters. The SMILES string of the molecule is COc1c(F)cc(F)c2nc(Cl)nc(N3CC4CCC(C3)N4C(=O)OC(C)(C)C)c12. The van der Waals surface area contributed by atoms with Crippen LogP contribution in [-0.4, -0.2) is 58.8 Å². The van der Waals surface area contributed by atoms with Crippen molar-refractivity contribution in [2.45, 2.75) is 51.3 Å². The summed E-state index contributed by atoms with van der Waals surface area (Å²) in [4.78, 5) is 24.6. The van der Waals surface area contributed by atoms with Crippen molar-refractivity contribution >= 4 is 34.4 Å². The first kappa shape index (κ1) is 20.8. The number of hydrogen-bond donors (Lipinski definition) is 0. The van der Waals surface area contributed by atoms with Gasteiger partial charge >= 0.3 is 6.09 Å². The number of amides is 1. The average molecular weight is 441 g/mol. The zero-order valence-electron chi connectivity index (χ0n) is 17.2. The molecule has 2 saturated heterocycles. The number of piperazine rings is 1. The van der Waals surface area contributed by atoms with Gasteiger partial charge in [-0.05, 0) is 45.2 Å². The molecule has 7 nitrogen and oxygen atoms in total. The average Bonchev–Trinajstić information content (AvgIpc) is 2.91. The number of hydrogen-bond acceptors (Lipinski definition) is 6. The molecule has 0 saturated carbocycles. The van der Waals surface area contributed by atoms with Gasteiger partial charge in [-0.2, -0.15) is 4.98 Å². The Kier molecular flexibility index (Phi) is 5.12. The monoisotopic (exact) mass is 440 g/mol. The highest BCUT2D eigenvalue weighted by atomic mass is 35.5. The molecule has 0 N–H and O–H groups in total. The minimum Gasteiger partial charge on any atom is -0.493 e. The summed E-state index contributed by atoms with van der Waals surface area (Å²) in [6.07, 6.45) is 1.25. The molecule has 0 aliphatic carbocycles. The van der Waals surface area contributed by atoms with Gasteiger partial charge in [0.25, 0.3) is 0 Å². The van der Waals surface area contributed by atoms with Gasteiger partial charge in [0, 0.05) is 19.2 Å². The Morgan fingerprint density at radius 1 is 1.17 bits per heavy atom. The van der Waals surface area contributed by atoms with E-state index in [1.807, 2.05) is 25.7 Å². The number of fused-ring (bicyclic) bond motifs is 3. The summed E-state index contributed by atoms with van der Waals surface area (Å²) in [6, 6.07) is 0.511. The number of carbonyl (C=O) groups excluding carboxylic acids is 1. The smallest absolute Gasteiger partial charge is 0.410 e. The number of benzene rings is 1. The second-order valence-electron chi connectivity index (χ2n) is 8.59. The summed E-state index contributed by atoms with van der Waals surface area (Å²) in [5.74, 6) is -1.53. The first-order valence-electron chi connectivity index (χ1n) is 9.74. The van der Waals surface area contributed by atoms with Crippen molar-refractivity contribution in [1.82, 2.24) is 14.9 Å². The Morgan fingerprint density at radius 3 is 2.37 bits per heavy atom. The van der Waals surface area contributed by atoms with Gasteiger partial charge in [-0.25, -0.2) is 18.6 Å². The van der Waals surface area contributed by atoms with Crippen LogP contribution in [0.1, 0.15) is 33.6 Å². The number of methoxy groups -OCH3 is 1. The maximum atomic E-state index is 14.4. The number of carbonyl (C=O) groups is 1. The number of aromatic nitrogens is 2. The molecular weight excluding hydrogens is 418 g/mol. The molecule has 0 spiro atoms. The number of halogens is 3. The van der Waals surface area contributed by atoms with Gasteiger partial charge in [-0.1, -0.05) is 0 Å². The summed E-state index contributed by atoms with van der Waals surface area (Å²) in [7, 11) is 1.30. The highest BCUT2D eigenvalue weighted by Crippen LogP contribution is 2.40. The zero-order valence-corrected chi connectivity index (χ0v) is 18.0. The third kappa shape index (κ3) is 3.59. The van der Waals surface area contributed by atoms with Gasteiger partial charge in [-0.3, -0.25) is 4.90 Å². The Labute approximate surface area is 177 Å². The number of ether oxygens (including phenoxy) is 2. The molecule has 2 aliphatic heterocycles. The van der Waals surface area contributed by atoms with Gasteiger partial charge in [0.15, 0.2) is 17.4 Å². The highest BCUT2D eigenvalue weighted by molar-refractivity contribution is 6.29. The quantitative estimate of drug-likeness (QED) is 0.653. The molecule has 1 aromatic carbocycles. The highest BCUT2D eigenvalue weighted by Gasteiger charge is 2.45. The summed E-state index contributed by atoms with van der Waals surface area (Å²) < 4.78 is 39.6. The first-order valence-corrected chi connectivity index (χ1v) is 10.1. The van der Waals surface area contributed by atoms with E-state index < -0.39 is 17.2 Å². The predicted molar refractivity (Wildman–Crippen MR) is 108 cm³/mol. The molecule has 10 heteroatoms. The molecule has 162 valence electrons. The minimum absolute atomic E-state index is 0.105. The van der Waals surface area contributed by atoms with Gasteiger partial charge in [0.2, 0.25) is 5.28 Å². The molecule has 2 fully saturated rings. The van der Waals surface area contributed by atoms with E-state index in [0.29, 0.717) is 18.9 Å². The first-order chi connectivity index (χ1) is 14.1. The predicted octanol–water partition coefficient (Wildman–Crippen LogP) is 4.16.